The Morgan fingerprint density at radius 3 is 2.59 bits per heavy atom. The summed E-state index contributed by atoms with van der Waals surface area (Å²) in [5, 5.41) is 20.6. The van der Waals surface area contributed by atoms with Crippen LogP contribution in [0, 0.1) is 5.92 Å². The molecule has 41 heavy (non-hydrogen) atoms. The first kappa shape index (κ1) is 28.5. The van der Waals surface area contributed by atoms with Crippen LogP contribution in [0.1, 0.15) is 43.2 Å². The van der Waals surface area contributed by atoms with E-state index >= 15 is 0 Å². The van der Waals surface area contributed by atoms with Crippen molar-refractivity contribution in [2.24, 2.45) is 13.0 Å². The summed E-state index contributed by atoms with van der Waals surface area (Å²) in [6.45, 7) is 0. The molecule has 10 nitrogen and oxygen atoms in total. The van der Waals surface area contributed by atoms with Crippen molar-refractivity contribution in [3.8, 4) is 16.9 Å². The average Bonchev–Trinajstić information content (AvgIpc) is 3.27. The highest BCUT2D eigenvalue weighted by Gasteiger charge is 2.46. The van der Waals surface area contributed by atoms with Gasteiger partial charge in [0.05, 0.1) is 25.3 Å². The van der Waals surface area contributed by atoms with Crippen molar-refractivity contribution in [1.82, 2.24) is 20.0 Å². The number of fused-ring (bicyclic) bond motifs is 4. The molecule has 2 aromatic heterocycles. The number of nitrogens with zero attached hydrogens (tertiary/aromatic N) is 3. The SMILES string of the molecule is COc1cnn(C)c(=O)c1-c1ccc(C[C@H](NC(=O)[C@@H]2C3CCCC(CC3)N2C(=O)Cc2ccsc2)C(=O)O)cc1. The van der Waals surface area contributed by atoms with E-state index in [-0.39, 0.29) is 36.3 Å². The lowest BCUT2D eigenvalue weighted by Crippen LogP contribution is -2.60. The molecule has 2 amide bonds. The van der Waals surface area contributed by atoms with Crippen molar-refractivity contribution in [3.05, 3.63) is 68.8 Å². The Morgan fingerprint density at radius 1 is 1.12 bits per heavy atom. The third kappa shape index (κ3) is 6.04. The van der Waals surface area contributed by atoms with Gasteiger partial charge in [0.1, 0.15) is 12.1 Å². The van der Waals surface area contributed by atoms with Gasteiger partial charge in [-0.25, -0.2) is 9.48 Å². The number of hydrogen-bond acceptors (Lipinski definition) is 7. The highest BCUT2D eigenvalue weighted by molar-refractivity contribution is 7.08. The molecule has 4 heterocycles. The van der Waals surface area contributed by atoms with Crippen LogP contribution in [0.15, 0.2) is 52.1 Å². The maximum absolute atomic E-state index is 13.7. The quantitative estimate of drug-likeness (QED) is 0.399. The zero-order valence-electron chi connectivity index (χ0n) is 23.1. The fraction of sp³-hybridized carbons (Fsp3) is 0.433. The zero-order valence-corrected chi connectivity index (χ0v) is 23.9. The second kappa shape index (κ2) is 12.3. The van der Waals surface area contributed by atoms with Gasteiger partial charge in [-0.1, -0.05) is 30.7 Å². The van der Waals surface area contributed by atoms with Crippen LogP contribution in [-0.2, 0) is 34.3 Å². The first-order chi connectivity index (χ1) is 19.8. The maximum Gasteiger partial charge on any atom is 0.326 e. The lowest BCUT2D eigenvalue weighted by Gasteiger charge is -2.43. The van der Waals surface area contributed by atoms with Crippen molar-refractivity contribution in [2.45, 2.75) is 63.1 Å². The van der Waals surface area contributed by atoms with E-state index in [1.807, 2.05) is 16.8 Å². The molecule has 2 saturated heterocycles. The van der Waals surface area contributed by atoms with Gasteiger partial charge in [0, 0.05) is 19.5 Å². The molecule has 2 bridgehead atoms. The van der Waals surface area contributed by atoms with E-state index in [9.17, 15) is 24.3 Å². The summed E-state index contributed by atoms with van der Waals surface area (Å²) in [6.07, 6.45) is 6.11. The van der Waals surface area contributed by atoms with E-state index in [1.54, 1.807) is 36.2 Å². The summed E-state index contributed by atoms with van der Waals surface area (Å²) in [7, 11) is 3.02. The summed E-state index contributed by atoms with van der Waals surface area (Å²) in [4.78, 5) is 53.9. The number of aliphatic carboxylic acids is 1. The Hall–Kier alpha value is -3.99. The third-order valence-corrected chi connectivity index (χ3v) is 8.97. The maximum atomic E-state index is 13.7. The van der Waals surface area contributed by atoms with Gasteiger partial charge in [-0.15, -0.1) is 0 Å². The van der Waals surface area contributed by atoms with Crippen LogP contribution < -0.4 is 15.6 Å². The lowest BCUT2D eigenvalue weighted by atomic mass is 9.85. The number of aryl methyl sites for hydroxylation is 1. The second-order valence-electron chi connectivity index (χ2n) is 10.8. The van der Waals surface area contributed by atoms with Crippen molar-refractivity contribution in [2.75, 3.05) is 7.11 Å². The van der Waals surface area contributed by atoms with E-state index in [4.69, 9.17) is 4.74 Å². The van der Waals surface area contributed by atoms with Crippen molar-refractivity contribution < 1.29 is 24.2 Å². The number of rotatable bonds is 9. The fourth-order valence-corrected chi connectivity index (χ4v) is 6.83. The molecule has 3 fully saturated rings. The number of carboxylic acid groups (broad SMARTS) is 1. The number of methoxy groups -OCH3 is 1. The van der Waals surface area contributed by atoms with Crippen molar-refractivity contribution >= 4 is 29.1 Å². The molecule has 4 atom stereocenters. The van der Waals surface area contributed by atoms with E-state index < -0.39 is 24.0 Å². The summed E-state index contributed by atoms with van der Waals surface area (Å²) in [5.74, 6) is -1.30. The van der Waals surface area contributed by atoms with E-state index in [2.05, 4.69) is 10.4 Å². The van der Waals surface area contributed by atoms with Gasteiger partial charge in [0.15, 0.2) is 5.75 Å². The summed E-state index contributed by atoms with van der Waals surface area (Å²) in [5.41, 5.74) is 2.25. The Kier molecular flexibility index (Phi) is 8.53. The number of carbonyl (C=O) groups excluding carboxylic acids is 2. The fourth-order valence-electron chi connectivity index (χ4n) is 6.16. The molecule has 216 valence electrons. The molecule has 2 N–H and O–H groups in total. The monoisotopic (exact) mass is 578 g/mol. The number of carbonyl (C=O) groups is 3. The van der Waals surface area contributed by atoms with Crippen LogP contribution in [0.4, 0.5) is 0 Å². The second-order valence-corrected chi connectivity index (χ2v) is 11.6. The van der Waals surface area contributed by atoms with Gasteiger partial charge in [-0.3, -0.25) is 14.4 Å². The Labute approximate surface area is 241 Å². The molecule has 0 radical (unpaired) electrons. The number of thiophene rings is 1. The van der Waals surface area contributed by atoms with Crippen LogP contribution in [0.2, 0.25) is 0 Å². The number of ether oxygens (including phenoxy) is 1. The molecule has 0 spiro atoms. The molecular weight excluding hydrogens is 544 g/mol. The number of carboxylic acids is 1. The number of nitrogens with one attached hydrogen (secondary N) is 1. The smallest absolute Gasteiger partial charge is 0.326 e. The predicted octanol–water partition coefficient (Wildman–Crippen LogP) is 3.03. The summed E-state index contributed by atoms with van der Waals surface area (Å²) >= 11 is 1.53. The van der Waals surface area contributed by atoms with Crippen LogP contribution in [0.25, 0.3) is 11.1 Å². The van der Waals surface area contributed by atoms with Crippen molar-refractivity contribution in [3.63, 3.8) is 0 Å². The van der Waals surface area contributed by atoms with Gasteiger partial charge >= 0.3 is 5.97 Å². The number of piperidine rings is 1. The summed E-state index contributed by atoms with van der Waals surface area (Å²) in [6, 6.07) is 6.98. The first-order valence-corrected chi connectivity index (χ1v) is 14.8. The molecule has 6 rings (SSSR count). The zero-order chi connectivity index (χ0) is 29.1. The Balaban J connectivity index is 1.34. The van der Waals surface area contributed by atoms with Crippen LogP contribution >= 0.6 is 11.3 Å². The number of aromatic nitrogens is 2. The molecule has 2 unspecified atom stereocenters. The average molecular weight is 579 g/mol. The number of benzene rings is 1. The molecule has 1 aliphatic carbocycles. The topological polar surface area (TPSA) is 131 Å². The molecular formula is C30H34N4O6S. The predicted molar refractivity (Wildman–Crippen MR) is 154 cm³/mol. The van der Waals surface area contributed by atoms with Crippen molar-refractivity contribution in [1.29, 1.82) is 0 Å². The van der Waals surface area contributed by atoms with Crippen LogP contribution in [-0.4, -0.2) is 62.8 Å². The standard InChI is InChI=1S/C30H34N4O6S/c1-33-29(37)26(24(40-2)16-31-33)20-8-6-18(7-9-20)14-23(30(38)39)32-28(36)27-21-4-3-5-22(11-10-21)34(27)25(35)15-19-12-13-41-17-19/h6-9,12-13,16-17,21-23,27H,3-5,10-11,14-15H2,1-2H3,(H,32,36)(H,38,39)/t21?,22?,23-,27-/m0/s1. The van der Waals surface area contributed by atoms with Gasteiger partial charge in [-0.2, -0.15) is 16.4 Å². The van der Waals surface area contributed by atoms with Crippen LogP contribution in [0.3, 0.4) is 0 Å². The van der Waals surface area contributed by atoms with Gasteiger partial charge < -0.3 is 20.1 Å². The Bertz CT molecular complexity index is 1470. The lowest BCUT2D eigenvalue weighted by molar-refractivity contribution is -0.149. The first-order valence-electron chi connectivity index (χ1n) is 13.8. The minimum absolute atomic E-state index is 0.00635. The summed E-state index contributed by atoms with van der Waals surface area (Å²) < 4.78 is 6.54. The number of amides is 2. The molecule has 11 heteroatoms. The molecule has 3 aromatic rings. The largest absolute Gasteiger partial charge is 0.494 e. The third-order valence-electron chi connectivity index (χ3n) is 8.23. The minimum Gasteiger partial charge on any atom is -0.494 e. The van der Waals surface area contributed by atoms with Gasteiger partial charge in [0.25, 0.3) is 5.56 Å². The van der Waals surface area contributed by atoms with Gasteiger partial charge in [0.2, 0.25) is 11.8 Å². The van der Waals surface area contributed by atoms with Crippen LogP contribution in [0.5, 0.6) is 5.75 Å². The normalized spacial score (nSPS) is 20.7. The number of hydrogen-bond donors (Lipinski definition) is 2. The van der Waals surface area contributed by atoms with E-state index in [0.717, 1.165) is 37.7 Å². The highest BCUT2D eigenvalue weighted by atomic mass is 32.1. The van der Waals surface area contributed by atoms with E-state index in [0.29, 0.717) is 22.4 Å². The molecule has 2 aliphatic heterocycles. The Morgan fingerprint density at radius 2 is 1.90 bits per heavy atom. The molecule has 3 aliphatic rings. The minimum atomic E-state index is -1.17. The van der Waals surface area contributed by atoms with Gasteiger partial charge in [-0.05, 0) is 65.1 Å². The molecule has 1 aromatic carbocycles. The molecule has 1 saturated carbocycles. The van der Waals surface area contributed by atoms with E-state index in [1.165, 1.54) is 29.3 Å². The highest BCUT2D eigenvalue weighted by Crippen LogP contribution is 2.38.